The van der Waals surface area contributed by atoms with Crippen LogP contribution in [0.15, 0.2) is 46.9 Å². The Labute approximate surface area is 133 Å². The monoisotopic (exact) mass is 343 g/mol. The van der Waals surface area contributed by atoms with Crippen molar-refractivity contribution in [3.05, 3.63) is 58.3 Å². The minimum Gasteiger partial charge on any atom is -0.375 e. The van der Waals surface area contributed by atoms with Gasteiger partial charge < -0.3 is 9.88 Å². The highest BCUT2D eigenvalue weighted by Gasteiger charge is 2.14. The minimum atomic E-state index is 0.136. The second-order valence-electron chi connectivity index (χ2n) is 5.35. The molecule has 1 atom stereocenters. The van der Waals surface area contributed by atoms with Crippen molar-refractivity contribution in [1.29, 1.82) is 0 Å². The number of imidazole rings is 1. The highest BCUT2D eigenvalue weighted by Crippen LogP contribution is 2.25. The van der Waals surface area contributed by atoms with Crippen molar-refractivity contribution in [3.63, 3.8) is 0 Å². The van der Waals surface area contributed by atoms with E-state index in [4.69, 9.17) is 4.98 Å². The zero-order valence-electron chi connectivity index (χ0n) is 12.4. The van der Waals surface area contributed by atoms with Crippen molar-refractivity contribution < 1.29 is 0 Å². The summed E-state index contributed by atoms with van der Waals surface area (Å²) in [4.78, 5) is 4.74. The van der Waals surface area contributed by atoms with Gasteiger partial charge in [-0.15, -0.1) is 0 Å². The van der Waals surface area contributed by atoms with Crippen LogP contribution in [-0.4, -0.2) is 9.55 Å². The number of rotatable bonds is 3. The number of hydrogen-bond acceptors (Lipinski definition) is 2. The summed E-state index contributed by atoms with van der Waals surface area (Å²) in [7, 11) is 2.06. The lowest BCUT2D eigenvalue weighted by molar-refractivity contribution is 0.734. The molecule has 0 aliphatic rings. The van der Waals surface area contributed by atoms with E-state index in [0.29, 0.717) is 0 Å². The van der Waals surface area contributed by atoms with Crippen molar-refractivity contribution in [2.24, 2.45) is 7.05 Å². The molecule has 3 nitrogen and oxygen atoms in total. The van der Waals surface area contributed by atoms with E-state index in [1.165, 1.54) is 5.56 Å². The fraction of sp³-hybridized carbons (Fsp3) is 0.235. The van der Waals surface area contributed by atoms with E-state index < -0.39 is 0 Å². The average Bonchev–Trinajstić information content (AvgIpc) is 2.81. The van der Waals surface area contributed by atoms with Crippen molar-refractivity contribution in [1.82, 2.24) is 9.55 Å². The summed E-state index contributed by atoms with van der Waals surface area (Å²) in [5.41, 5.74) is 4.52. The summed E-state index contributed by atoms with van der Waals surface area (Å²) in [6, 6.07) is 14.7. The molecule has 0 aliphatic heterocycles. The van der Waals surface area contributed by atoms with Gasteiger partial charge in [0.05, 0.1) is 17.1 Å². The van der Waals surface area contributed by atoms with Gasteiger partial charge in [-0.1, -0.05) is 34.1 Å². The molecule has 1 aromatic heterocycles. The maximum Gasteiger partial charge on any atom is 0.131 e. The first-order valence-electron chi connectivity index (χ1n) is 7.00. The molecular weight excluding hydrogens is 326 g/mol. The fourth-order valence-electron chi connectivity index (χ4n) is 2.55. The van der Waals surface area contributed by atoms with E-state index in [0.717, 1.165) is 27.0 Å². The van der Waals surface area contributed by atoms with Gasteiger partial charge in [-0.25, -0.2) is 4.98 Å². The number of anilines is 1. The van der Waals surface area contributed by atoms with Crippen LogP contribution >= 0.6 is 15.9 Å². The molecule has 1 heterocycles. The Morgan fingerprint density at radius 1 is 1.19 bits per heavy atom. The second-order valence-corrected chi connectivity index (χ2v) is 6.20. The molecule has 3 rings (SSSR count). The van der Waals surface area contributed by atoms with Gasteiger partial charge in [0.2, 0.25) is 0 Å². The second kappa shape index (κ2) is 5.53. The highest BCUT2D eigenvalue weighted by molar-refractivity contribution is 9.10. The first kappa shape index (κ1) is 14.1. The normalized spacial score (nSPS) is 12.6. The third kappa shape index (κ3) is 2.68. The summed E-state index contributed by atoms with van der Waals surface area (Å²) in [6.45, 7) is 4.22. The van der Waals surface area contributed by atoms with Gasteiger partial charge >= 0.3 is 0 Å². The zero-order chi connectivity index (χ0) is 15.0. The molecule has 2 aromatic carbocycles. The lowest BCUT2D eigenvalue weighted by Crippen LogP contribution is -2.12. The van der Waals surface area contributed by atoms with Crippen LogP contribution in [0.25, 0.3) is 11.0 Å². The van der Waals surface area contributed by atoms with Crippen LogP contribution in [0.5, 0.6) is 0 Å². The molecule has 0 bridgehead atoms. The van der Waals surface area contributed by atoms with E-state index in [-0.39, 0.29) is 6.04 Å². The Kier molecular flexibility index (Phi) is 3.72. The third-order valence-electron chi connectivity index (χ3n) is 3.76. The maximum atomic E-state index is 4.74. The van der Waals surface area contributed by atoms with E-state index in [1.54, 1.807) is 0 Å². The molecular formula is C17H18BrN3. The molecule has 0 saturated carbocycles. The van der Waals surface area contributed by atoms with Gasteiger partial charge in [0.25, 0.3) is 0 Å². The minimum absolute atomic E-state index is 0.136. The van der Waals surface area contributed by atoms with E-state index >= 15 is 0 Å². The standard InChI is InChI=1S/C17H18BrN3/c1-11-8-9-13(10-14(11)18)19-12(2)17-20-15-6-4-5-7-16(15)21(17)3/h4-10,12,19H,1-3H3. The van der Waals surface area contributed by atoms with Crippen LogP contribution in [0.3, 0.4) is 0 Å². The van der Waals surface area contributed by atoms with E-state index in [1.807, 2.05) is 18.2 Å². The summed E-state index contributed by atoms with van der Waals surface area (Å²) in [5.74, 6) is 1.04. The first-order chi connectivity index (χ1) is 10.1. The van der Waals surface area contributed by atoms with E-state index in [9.17, 15) is 0 Å². The van der Waals surface area contributed by atoms with Crippen molar-refractivity contribution >= 4 is 32.7 Å². The topological polar surface area (TPSA) is 29.9 Å². The number of hydrogen-bond donors (Lipinski definition) is 1. The quantitative estimate of drug-likeness (QED) is 0.738. The molecule has 0 radical (unpaired) electrons. The Morgan fingerprint density at radius 3 is 2.67 bits per heavy atom. The number of aromatic nitrogens is 2. The number of benzene rings is 2. The highest BCUT2D eigenvalue weighted by atomic mass is 79.9. The Hall–Kier alpha value is -1.81. The molecule has 1 unspecified atom stereocenters. The SMILES string of the molecule is Cc1ccc(NC(C)c2nc3ccccc3n2C)cc1Br. The number of fused-ring (bicyclic) bond motifs is 1. The lowest BCUT2D eigenvalue weighted by Gasteiger charge is -2.16. The smallest absolute Gasteiger partial charge is 0.131 e. The first-order valence-corrected chi connectivity index (χ1v) is 7.79. The number of halogens is 1. The van der Waals surface area contributed by atoms with Crippen molar-refractivity contribution in [2.75, 3.05) is 5.32 Å². The van der Waals surface area contributed by atoms with Crippen LogP contribution in [0.2, 0.25) is 0 Å². The zero-order valence-corrected chi connectivity index (χ0v) is 14.0. The predicted molar refractivity (Wildman–Crippen MR) is 91.6 cm³/mol. The number of nitrogens with zero attached hydrogens (tertiary/aromatic N) is 2. The van der Waals surface area contributed by atoms with Gasteiger partial charge in [-0.2, -0.15) is 0 Å². The van der Waals surface area contributed by atoms with Crippen LogP contribution in [0.1, 0.15) is 24.4 Å². The fourth-order valence-corrected chi connectivity index (χ4v) is 2.93. The largest absolute Gasteiger partial charge is 0.375 e. The van der Waals surface area contributed by atoms with Crippen LogP contribution in [0.4, 0.5) is 5.69 Å². The maximum absolute atomic E-state index is 4.74. The molecule has 0 fully saturated rings. The third-order valence-corrected chi connectivity index (χ3v) is 4.62. The predicted octanol–water partition coefficient (Wildman–Crippen LogP) is 4.82. The Balaban J connectivity index is 1.91. The van der Waals surface area contributed by atoms with Crippen molar-refractivity contribution in [3.8, 4) is 0 Å². The summed E-state index contributed by atoms with van der Waals surface area (Å²) >= 11 is 3.57. The van der Waals surface area contributed by atoms with E-state index in [2.05, 4.69) is 71.0 Å². The van der Waals surface area contributed by atoms with Gasteiger partial charge in [0, 0.05) is 17.2 Å². The number of nitrogens with one attached hydrogen (secondary N) is 1. The summed E-state index contributed by atoms with van der Waals surface area (Å²) in [6.07, 6.45) is 0. The van der Waals surface area contributed by atoms with Crippen LogP contribution < -0.4 is 5.32 Å². The van der Waals surface area contributed by atoms with Gasteiger partial charge in [0.15, 0.2) is 0 Å². The molecule has 21 heavy (non-hydrogen) atoms. The molecule has 1 N–H and O–H groups in total. The number of aryl methyl sites for hydroxylation is 2. The van der Waals surface area contributed by atoms with Gasteiger partial charge in [0.1, 0.15) is 5.82 Å². The summed E-state index contributed by atoms with van der Waals surface area (Å²) in [5, 5.41) is 3.51. The summed E-state index contributed by atoms with van der Waals surface area (Å²) < 4.78 is 3.26. The molecule has 108 valence electrons. The van der Waals surface area contributed by atoms with Crippen LogP contribution in [-0.2, 0) is 7.05 Å². The Bertz CT molecular complexity index is 792. The molecule has 4 heteroatoms. The molecule has 0 amide bonds. The van der Waals surface area contributed by atoms with Gasteiger partial charge in [-0.3, -0.25) is 0 Å². The van der Waals surface area contributed by atoms with Crippen LogP contribution in [0, 0.1) is 6.92 Å². The lowest BCUT2D eigenvalue weighted by atomic mass is 10.2. The van der Waals surface area contributed by atoms with Gasteiger partial charge in [-0.05, 0) is 43.7 Å². The van der Waals surface area contributed by atoms with Crippen molar-refractivity contribution in [2.45, 2.75) is 19.9 Å². The molecule has 0 spiro atoms. The number of para-hydroxylation sites is 2. The molecule has 3 aromatic rings. The average molecular weight is 344 g/mol. The molecule has 0 aliphatic carbocycles. The molecule has 0 saturated heterocycles. The Morgan fingerprint density at radius 2 is 1.95 bits per heavy atom.